The van der Waals surface area contributed by atoms with Crippen LogP contribution in [0.25, 0.3) is 0 Å². The maximum Gasteiger partial charge on any atom is 0.206 e. The Morgan fingerprint density at radius 1 is 1.33 bits per heavy atom. The molecule has 5 heteroatoms. The van der Waals surface area contributed by atoms with Gasteiger partial charge in [0.15, 0.2) is 0 Å². The average molecular weight is 260 g/mol. The van der Waals surface area contributed by atoms with Crippen LogP contribution in [0.2, 0.25) is 0 Å². The number of aryl methyl sites for hydroxylation is 1. The maximum atomic E-state index is 6.15. The lowest BCUT2D eigenvalue weighted by Crippen LogP contribution is -2.09. The summed E-state index contributed by atoms with van der Waals surface area (Å²) in [6.45, 7) is 2.09. The van der Waals surface area contributed by atoms with Gasteiger partial charge >= 0.3 is 0 Å². The summed E-state index contributed by atoms with van der Waals surface area (Å²) < 4.78 is 0. The molecule has 0 aliphatic heterocycles. The number of hydrogen-bond donors (Lipinski definition) is 2. The van der Waals surface area contributed by atoms with Gasteiger partial charge in [-0.1, -0.05) is 42.5 Å². The fourth-order valence-corrected chi connectivity index (χ4v) is 3.15. The van der Waals surface area contributed by atoms with Crippen molar-refractivity contribution in [3.8, 4) is 0 Å². The van der Waals surface area contributed by atoms with E-state index < -0.39 is 0 Å². The first-order valence-corrected chi connectivity index (χ1v) is 7.03. The lowest BCUT2D eigenvalue weighted by molar-refractivity contribution is 0.647. The summed E-state index contributed by atoms with van der Waals surface area (Å²) in [5.74, 6) is 0. The number of aromatic nitrogens is 2. The number of benzene rings is 1. The standard InChI is InChI=1S/C13H16N4S/c1-2-12-16-17-13(18-12)15-11-7-10(14)8-5-3-4-6-9(8)11/h3-6,10-11H,2,7,14H2,1H3,(H,15,17). The van der Waals surface area contributed by atoms with Crippen molar-refractivity contribution in [2.45, 2.75) is 31.8 Å². The quantitative estimate of drug-likeness (QED) is 0.890. The molecule has 1 heterocycles. The Labute approximate surface area is 110 Å². The van der Waals surface area contributed by atoms with Gasteiger partial charge in [0.2, 0.25) is 5.13 Å². The van der Waals surface area contributed by atoms with E-state index in [0.29, 0.717) is 0 Å². The van der Waals surface area contributed by atoms with E-state index in [2.05, 4.69) is 40.6 Å². The van der Waals surface area contributed by atoms with E-state index in [1.54, 1.807) is 11.3 Å². The van der Waals surface area contributed by atoms with Crippen LogP contribution in [0.4, 0.5) is 5.13 Å². The molecule has 94 valence electrons. The van der Waals surface area contributed by atoms with Crippen LogP contribution in [-0.4, -0.2) is 10.2 Å². The summed E-state index contributed by atoms with van der Waals surface area (Å²) in [7, 11) is 0. The SMILES string of the molecule is CCc1nnc(NC2CC(N)c3ccccc32)s1. The number of rotatable bonds is 3. The Kier molecular flexibility index (Phi) is 3.01. The Hall–Kier alpha value is -1.46. The summed E-state index contributed by atoms with van der Waals surface area (Å²) in [5, 5.41) is 13.7. The fraction of sp³-hybridized carbons (Fsp3) is 0.385. The normalized spacial score (nSPS) is 21.9. The highest BCUT2D eigenvalue weighted by Crippen LogP contribution is 2.39. The second kappa shape index (κ2) is 4.66. The highest BCUT2D eigenvalue weighted by Gasteiger charge is 2.28. The third kappa shape index (κ3) is 2.00. The van der Waals surface area contributed by atoms with Crippen LogP contribution in [0.3, 0.4) is 0 Å². The van der Waals surface area contributed by atoms with Gasteiger partial charge in [-0.2, -0.15) is 0 Å². The first-order valence-electron chi connectivity index (χ1n) is 6.21. The van der Waals surface area contributed by atoms with Crippen LogP contribution in [0, 0.1) is 0 Å². The minimum atomic E-state index is 0.122. The molecule has 0 saturated heterocycles. The van der Waals surface area contributed by atoms with Crippen LogP contribution >= 0.6 is 11.3 Å². The van der Waals surface area contributed by atoms with Crippen molar-refractivity contribution in [1.82, 2.24) is 10.2 Å². The highest BCUT2D eigenvalue weighted by molar-refractivity contribution is 7.15. The molecule has 2 aromatic rings. The van der Waals surface area contributed by atoms with Gasteiger partial charge in [0, 0.05) is 6.04 Å². The summed E-state index contributed by atoms with van der Waals surface area (Å²) in [6, 6.07) is 8.73. The molecule has 3 N–H and O–H groups in total. The molecule has 0 bridgehead atoms. The molecular weight excluding hydrogens is 244 g/mol. The zero-order chi connectivity index (χ0) is 12.5. The van der Waals surface area contributed by atoms with Crippen LogP contribution in [-0.2, 0) is 6.42 Å². The summed E-state index contributed by atoms with van der Waals surface area (Å²) in [4.78, 5) is 0. The van der Waals surface area contributed by atoms with Gasteiger partial charge in [-0.3, -0.25) is 0 Å². The first kappa shape index (κ1) is 11.6. The minimum absolute atomic E-state index is 0.122. The predicted octanol–water partition coefficient (Wildman–Crippen LogP) is 2.66. The highest BCUT2D eigenvalue weighted by atomic mass is 32.1. The van der Waals surface area contributed by atoms with Gasteiger partial charge in [-0.15, -0.1) is 10.2 Å². The van der Waals surface area contributed by atoms with E-state index in [1.165, 1.54) is 11.1 Å². The van der Waals surface area contributed by atoms with Gasteiger partial charge in [0.05, 0.1) is 6.04 Å². The molecule has 1 aromatic carbocycles. The van der Waals surface area contributed by atoms with Crippen molar-refractivity contribution < 1.29 is 0 Å². The molecule has 2 atom stereocenters. The van der Waals surface area contributed by atoms with Crippen molar-refractivity contribution in [3.05, 3.63) is 40.4 Å². The molecule has 0 spiro atoms. The van der Waals surface area contributed by atoms with E-state index in [9.17, 15) is 0 Å². The summed E-state index contributed by atoms with van der Waals surface area (Å²) in [6.07, 6.45) is 1.85. The maximum absolute atomic E-state index is 6.15. The largest absolute Gasteiger partial charge is 0.353 e. The van der Waals surface area contributed by atoms with Crippen LogP contribution in [0.1, 0.15) is 41.6 Å². The molecule has 0 saturated carbocycles. The molecule has 0 amide bonds. The molecule has 4 nitrogen and oxygen atoms in total. The van der Waals surface area contributed by atoms with Crippen LogP contribution in [0.15, 0.2) is 24.3 Å². The van der Waals surface area contributed by atoms with Crippen LogP contribution in [0.5, 0.6) is 0 Å². The lowest BCUT2D eigenvalue weighted by Gasteiger charge is -2.12. The van der Waals surface area contributed by atoms with Crippen molar-refractivity contribution >= 4 is 16.5 Å². The first-order chi connectivity index (χ1) is 8.78. The molecule has 1 aliphatic rings. The van der Waals surface area contributed by atoms with E-state index >= 15 is 0 Å². The zero-order valence-corrected chi connectivity index (χ0v) is 11.1. The van der Waals surface area contributed by atoms with Gasteiger partial charge in [-0.25, -0.2) is 0 Å². The molecular formula is C13H16N4S. The van der Waals surface area contributed by atoms with E-state index in [-0.39, 0.29) is 12.1 Å². The zero-order valence-electron chi connectivity index (χ0n) is 10.3. The number of anilines is 1. The molecule has 1 aromatic heterocycles. The minimum Gasteiger partial charge on any atom is -0.353 e. The second-order valence-electron chi connectivity index (χ2n) is 4.52. The third-order valence-corrected chi connectivity index (χ3v) is 4.33. The Morgan fingerprint density at radius 3 is 2.83 bits per heavy atom. The number of nitrogens with two attached hydrogens (primary N) is 1. The Balaban J connectivity index is 1.82. The van der Waals surface area contributed by atoms with Gasteiger partial charge < -0.3 is 11.1 Å². The monoisotopic (exact) mass is 260 g/mol. The number of nitrogens with one attached hydrogen (secondary N) is 1. The van der Waals surface area contributed by atoms with E-state index in [0.717, 1.165) is 23.0 Å². The van der Waals surface area contributed by atoms with Crippen molar-refractivity contribution in [2.24, 2.45) is 5.73 Å². The van der Waals surface area contributed by atoms with Crippen molar-refractivity contribution in [1.29, 1.82) is 0 Å². The lowest BCUT2D eigenvalue weighted by atomic mass is 10.1. The van der Waals surface area contributed by atoms with E-state index in [1.807, 2.05) is 6.07 Å². The number of nitrogens with zero attached hydrogens (tertiary/aromatic N) is 2. The molecule has 3 rings (SSSR count). The number of hydrogen-bond acceptors (Lipinski definition) is 5. The second-order valence-corrected chi connectivity index (χ2v) is 5.58. The number of fused-ring (bicyclic) bond motifs is 1. The van der Waals surface area contributed by atoms with Gasteiger partial charge in [0.1, 0.15) is 5.01 Å². The average Bonchev–Trinajstić information content (AvgIpc) is 2.97. The summed E-state index contributed by atoms with van der Waals surface area (Å²) >= 11 is 1.62. The Bertz CT molecular complexity index is 551. The van der Waals surface area contributed by atoms with Crippen LogP contribution < -0.4 is 11.1 Å². The summed E-state index contributed by atoms with van der Waals surface area (Å²) in [5.41, 5.74) is 8.68. The molecule has 2 unspecified atom stereocenters. The van der Waals surface area contributed by atoms with E-state index in [4.69, 9.17) is 5.73 Å². The third-order valence-electron chi connectivity index (χ3n) is 3.33. The fourth-order valence-electron chi connectivity index (χ4n) is 2.41. The topological polar surface area (TPSA) is 63.8 Å². The molecule has 1 aliphatic carbocycles. The predicted molar refractivity (Wildman–Crippen MR) is 73.6 cm³/mol. The van der Waals surface area contributed by atoms with Crippen molar-refractivity contribution in [2.75, 3.05) is 5.32 Å². The smallest absolute Gasteiger partial charge is 0.206 e. The van der Waals surface area contributed by atoms with Gasteiger partial charge in [-0.05, 0) is 24.0 Å². The van der Waals surface area contributed by atoms with Gasteiger partial charge in [0.25, 0.3) is 0 Å². The Morgan fingerprint density at radius 2 is 2.11 bits per heavy atom. The molecule has 0 fully saturated rings. The molecule has 0 radical (unpaired) electrons. The molecule has 18 heavy (non-hydrogen) atoms. The van der Waals surface area contributed by atoms with Crippen molar-refractivity contribution in [3.63, 3.8) is 0 Å².